The van der Waals surface area contributed by atoms with E-state index in [9.17, 15) is 0 Å². The largest absolute Gasteiger partial charge is 0.311 e. The summed E-state index contributed by atoms with van der Waals surface area (Å²) in [6, 6.07) is 0. The number of nitrogens with two attached hydrogens (primary N) is 2. The van der Waals surface area contributed by atoms with Crippen LogP contribution in [0.1, 0.15) is 57.8 Å². The smallest absolute Gasteiger partial charge is 0.149 e. The first-order valence-corrected chi connectivity index (χ1v) is 7.62. The Bertz CT molecular complexity index is 260. The SMILES string of the molecule is NC1(N)CCC(CC2CCCCC2)CC1(Cl)Cl. The third-order valence-corrected chi connectivity index (χ3v) is 5.60. The van der Waals surface area contributed by atoms with Crippen molar-refractivity contribution in [1.82, 2.24) is 0 Å². The fraction of sp³-hybridized carbons (Fsp3) is 1.00. The lowest BCUT2D eigenvalue weighted by Gasteiger charge is -2.44. The highest BCUT2D eigenvalue weighted by Crippen LogP contribution is 2.46. The molecule has 0 bridgehead atoms. The molecule has 0 saturated heterocycles. The second-order valence-electron chi connectivity index (χ2n) is 6.09. The Morgan fingerprint density at radius 3 is 2.18 bits per heavy atom. The van der Waals surface area contributed by atoms with Crippen molar-refractivity contribution in [3.63, 3.8) is 0 Å². The maximum Gasteiger partial charge on any atom is 0.149 e. The normalized spacial score (nSPS) is 33.5. The van der Waals surface area contributed by atoms with Crippen LogP contribution in [0.25, 0.3) is 0 Å². The first-order valence-electron chi connectivity index (χ1n) is 6.86. The van der Waals surface area contributed by atoms with Crippen LogP contribution in [0.15, 0.2) is 0 Å². The molecule has 2 nitrogen and oxygen atoms in total. The van der Waals surface area contributed by atoms with E-state index >= 15 is 0 Å². The first kappa shape index (κ1) is 13.9. The predicted molar refractivity (Wildman–Crippen MR) is 74.1 cm³/mol. The van der Waals surface area contributed by atoms with Gasteiger partial charge in [-0.15, -0.1) is 0 Å². The van der Waals surface area contributed by atoms with E-state index < -0.39 is 10.00 Å². The van der Waals surface area contributed by atoms with Gasteiger partial charge < -0.3 is 11.5 Å². The van der Waals surface area contributed by atoms with Gasteiger partial charge in [-0.25, -0.2) is 0 Å². The number of halogens is 2. The van der Waals surface area contributed by atoms with Crippen molar-refractivity contribution in [3.8, 4) is 0 Å². The Kier molecular flexibility index (Phi) is 4.29. The third kappa shape index (κ3) is 3.28. The van der Waals surface area contributed by atoms with Crippen LogP contribution in [0.5, 0.6) is 0 Å². The van der Waals surface area contributed by atoms with Crippen LogP contribution < -0.4 is 11.5 Å². The molecule has 4 N–H and O–H groups in total. The Balaban J connectivity index is 1.87. The molecule has 0 aromatic carbocycles. The average Bonchev–Trinajstić information content (AvgIpc) is 2.25. The lowest BCUT2D eigenvalue weighted by Crippen LogP contribution is -2.64. The highest BCUT2D eigenvalue weighted by Gasteiger charge is 2.48. The van der Waals surface area contributed by atoms with Crippen LogP contribution in [-0.2, 0) is 0 Å². The van der Waals surface area contributed by atoms with Gasteiger partial charge in [-0.2, -0.15) is 0 Å². The molecular formula is C13H24Cl2N2. The summed E-state index contributed by atoms with van der Waals surface area (Å²) in [6.07, 6.45) is 10.8. The van der Waals surface area contributed by atoms with E-state index in [1.165, 1.54) is 38.5 Å². The zero-order chi connectivity index (χ0) is 12.5. The van der Waals surface area contributed by atoms with Crippen molar-refractivity contribution < 1.29 is 0 Å². The Morgan fingerprint density at radius 2 is 1.59 bits per heavy atom. The van der Waals surface area contributed by atoms with Gasteiger partial charge in [0.1, 0.15) is 4.33 Å². The second kappa shape index (κ2) is 5.24. The maximum atomic E-state index is 6.29. The molecule has 0 aromatic rings. The minimum absolute atomic E-state index is 0.605. The molecule has 1 unspecified atom stereocenters. The van der Waals surface area contributed by atoms with E-state index in [1.807, 2.05) is 0 Å². The van der Waals surface area contributed by atoms with Gasteiger partial charge >= 0.3 is 0 Å². The van der Waals surface area contributed by atoms with Crippen LogP contribution in [-0.4, -0.2) is 10.00 Å². The molecule has 4 heteroatoms. The van der Waals surface area contributed by atoms with Crippen molar-refractivity contribution in [2.75, 3.05) is 0 Å². The summed E-state index contributed by atoms with van der Waals surface area (Å²) in [6.45, 7) is 0. The predicted octanol–water partition coefficient (Wildman–Crippen LogP) is 3.54. The minimum atomic E-state index is -0.954. The number of rotatable bonds is 2. The minimum Gasteiger partial charge on any atom is -0.311 e. The summed E-state index contributed by atoms with van der Waals surface area (Å²) in [5, 5.41) is 0. The monoisotopic (exact) mass is 278 g/mol. The van der Waals surface area contributed by atoms with Crippen molar-refractivity contribution >= 4 is 23.2 Å². The van der Waals surface area contributed by atoms with Crippen molar-refractivity contribution in [3.05, 3.63) is 0 Å². The molecule has 0 spiro atoms. The molecule has 0 aliphatic heterocycles. The topological polar surface area (TPSA) is 52.0 Å². The van der Waals surface area contributed by atoms with Crippen LogP contribution in [0.4, 0.5) is 0 Å². The summed E-state index contributed by atoms with van der Waals surface area (Å²) in [5.74, 6) is 1.48. The Morgan fingerprint density at radius 1 is 0.941 bits per heavy atom. The zero-order valence-electron chi connectivity index (χ0n) is 10.4. The van der Waals surface area contributed by atoms with E-state index in [0.717, 1.165) is 25.2 Å². The lowest BCUT2D eigenvalue weighted by atomic mass is 9.75. The quantitative estimate of drug-likeness (QED) is 0.600. The van der Waals surface area contributed by atoms with Crippen LogP contribution in [0.3, 0.4) is 0 Å². The van der Waals surface area contributed by atoms with Crippen molar-refractivity contribution in [2.24, 2.45) is 23.3 Å². The van der Waals surface area contributed by atoms with Gasteiger partial charge in [-0.05, 0) is 37.5 Å². The van der Waals surface area contributed by atoms with Gasteiger partial charge in [0.25, 0.3) is 0 Å². The van der Waals surface area contributed by atoms with Gasteiger partial charge in [-0.3, -0.25) is 0 Å². The first-order chi connectivity index (χ1) is 7.91. The fourth-order valence-corrected chi connectivity index (χ4v) is 4.00. The van der Waals surface area contributed by atoms with Crippen LogP contribution in [0.2, 0.25) is 0 Å². The van der Waals surface area contributed by atoms with E-state index in [-0.39, 0.29) is 0 Å². The molecule has 0 aromatic heterocycles. The van der Waals surface area contributed by atoms with E-state index in [1.54, 1.807) is 0 Å². The molecule has 2 rings (SSSR count). The molecule has 0 heterocycles. The summed E-state index contributed by atoms with van der Waals surface area (Å²) in [7, 11) is 0. The molecule has 2 fully saturated rings. The van der Waals surface area contributed by atoms with Gasteiger partial charge in [0.15, 0.2) is 0 Å². The number of hydrogen-bond acceptors (Lipinski definition) is 2. The number of hydrogen-bond donors (Lipinski definition) is 2. The van der Waals surface area contributed by atoms with Crippen molar-refractivity contribution in [2.45, 2.75) is 67.8 Å². The number of alkyl halides is 2. The molecule has 2 aliphatic carbocycles. The zero-order valence-corrected chi connectivity index (χ0v) is 11.9. The van der Waals surface area contributed by atoms with E-state index in [2.05, 4.69) is 0 Å². The fourth-order valence-electron chi connectivity index (χ4n) is 3.38. The third-order valence-electron chi connectivity index (χ3n) is 4.58. The van der Waals surface area contributed by atoms with Crippen molar-refractivity contribution in [1.29, 1.82) is 0 Å². The van der Waals surface area contributed by atoms with Crippen LogP contribution >= 0.6 is 23.2 Å². The van der Waals surface area contributed by atoms with E-state index in [0.29, 0.717) is 5.92 Å². The molecule has 100 valence electrons. The molecule has 0 amide bonds. The molecule has 17 heavy (non-hydrogen) atoms. The molecule has 2 saturated carbocycles. The van der Waals surface area contributed by atoms with Gasteiger partial charge in [0, 0.05) is 0 Å². The molecule has 0 radical (unpaired) electrons. The summed E-state index contributed by atoms with van der Waals surface area (Å²) in [4.78, 5) is 0. The highest BCUT2D eigenvalue weighted by atomic mass is 35.5. The highest BCUT2D eigenvalue weighted by molar-refractivity contribution is 6.49. The standard InChI is InChI=1S/C13H24Cl2N2/c14-12(15)9-11(6-7-13(12,16)17)8-10-4-2-1-3-5-10/h10-11H,1-9,16-17H2. The maximum absolute atomic E-state index is 6.29. The summed E-state index contributed by atoms with van der Waals surface area (Å²) in [5.41, 5.74) is 11.0. The Labute approximate surface area is 114 Å². The molecular weight excluding hydrogens is 255 g/mol. The second-order valence-corrected chi connectivity index (χ2v) is 7.58. The summed E-state index contributed by atoms with van der Waals surface area (Å²) < 4.78 is -0.954. The van der Waals surface area contributed by atoms with Gasteiger partial charge in [0.05, 0.1) is 5.66 Å². The van der Waals surface area contributed by atoms with E-state index in [4.69, 9.17) is 34.7 Å². The average molecular weight is 279 g/mol. The van der Waals surface area contributed by atoms with Gasteiger partial charge in [-0.1, -0.05) is 55.3 Å². The molecule has 1 atom stereocenters. The van der Waals surface area contributed by atoms with Gasteiger partial charge in [0.2, 0.25) is 0 Å². The lowest BCUT2D eigenvalue weighted by molar-refractivity contribution is 0.182. The Hall–Kier alpha value is 0.500. The summed E-state index contributed by atoms with van der Waals surface area (Å²) >= 11 is 12.6. The molecule has 2 aliphatic rings. The van der Waals surface area contributed by atoms with Crippen LogP contribution in [0, 0.1) is 11.8 Å².